The summed E-state index contributed by atoms with van der Waals surface area (Å²) in [5.74, 6) is 0.469. The van der Waals surface area contributed by atoms with E-state index in [9.17, 15) is 18.0 Å². The third kappa shape index (κ3) is 4.06. The molecule has 0 aromatic heterocycles. The minimum atomic E-state index is -3.79. The van der Waals surface area contributed by atoms with E-state index in [0.717, 1.165) is 38.6 Å². The molecule has 0 radical (unpaired) electrons. The second-order valence-corrected chi connectivity index (χ2v) is 10.9. The number of benzene rings is 1. The molecular weight excluding hydrogens is 400 g/mol. The Labute approximate surface area is 179 Å². The van der Waals surface area contributed by atoms with Gasteiger partial charge in [-0.25, -0.2) is 8.42 Å². The summed E-state index contributed by atoms with van der Waals surface area (Å²) in [7, 11) is -3.79. The van der Waals surface area contributed by atoms with Crippen LogP contribution in [0.4, 0.5) is 0 Å². The van der Waals surface area contributed by atoms with Gasteiger partial charge in [-0.2, -0.15) is 4.31 Å². The number of piperidine rings is 2. The van der Waals surface area contributed by atoms with Gasteiger partial charge in [-0.05, 0) is 63.5 Å². The number of likely N-dealkylation sites (tertiary alicyclic amines) is 1. The highest BCUT2D eigenvalue weighted by Gasteiger charge is 2.43. The molecule has 3 unspecified atom stereocenters. The Morgan fingerprint density at radius 3 is 2.27 bits per heavy atom. The Balaban J connectivity index is 1.59. The number of carbonyl (C=O) groups excluding carboxylic acids is 2. The van der Waals surface area contributed by atoms with Crippen molar-refractivity contribution in [2.75, 3.05) is 13.1 Å². The Morgan fingerprint density at radius 1 is 0.867 bits per heavy atom. The first-order valence-electron chi connectivity index (χ1n) is 11.3. The number of fused-ring (bicyclic) bond motifs is 1. The van der Waals surface area contributed by atoms with E-state index in [2.05, 4.69) is 0 Å². The van der Waals surface area contributed by atoms with E-state index in [1.165, 1.54) is 42.6 Å². The molecule has 3 aliphatic rings. The Kier molecular flexibility index (Phi) is 6.30. The molecule has 1 aromatic rings. The van der Waals surface area contributed by atoms with Gasteiger partial charge in [0.2, 0.25) is 15.9 Å². The lowest BCUT2D eigenvalue weighted by Gasteiger charge is -2.46. The zero-order valence-electron chi connectivity index (χ0n) is 17.8. The van der Waals surface area contributed by atoms with E-state index in [4.69, 9.17) is 0 Å². The van der Waals surface area contributed by atoms with Gasteiger partial charge in [0, 0.05) is 24.7 Å². The van der Waals surface area contributed by atoms with E-state index in [1.807, 2.05) is 4.90 Å². The molecule has 0 N–H and O–H groups in total. The van der Waals surface area contributed by atoms with Crippen LogP contribution in [-0.4, -0.2) is 54.5 Å². The van der Waals surface area contributed by atoms with Crippen LogP contribution < -0.4 is 0 Å². The zero-order valence-corrected chi connectivity index (χ0v) is 18.6. The highest BCUT2D eigenvalue weighted by Crippen LogP contribution is 2.37. The van der Waals surface area contributed by atoms with Crippen LogP contribution in [0.1, 0.15) is 75.1 Å². The van der Waals surface area contributed by atoms with E-state index < -0.39 is 16.1 Å². The first kappa shape index (κ1) is 21.5. The second-order valence-electron chi connectivity index (χ2n) is 8.99. The number of sulfonamides is 1. The highest BCUT2D eigenvalue weighted by atomic mass is 32.2. The minimum Gasteiger partial charge on any atom is -0.338 e. The minimum absolute atomic E-state index is 0.00442. The maximum Gasteiger partial charge on any atom is 0.243 e. The number of Topliss-reactive ketones (excluding diaryl/α,β-unsaturated/α-hetero) is 1. The average Bonchev–Trinajstić information content (AvgIpc) is 2.78. The van der Waals surface area contributed by atoms with Crippen molar-refractivity contribution in [2.45, 2.75) is 81.7 Å². The zero-order chi connectivity index (χ0) is 21.3. The molecule has 1 amide bonds. The fourth-order valence-corrected chi connectivity index (χ4v) is 7.18. The van der Waals surface area contributed by atoms with Crippen LogP contribution >= 0.6 is 0 Å². The standard InChI is InChI=1S/C23H32N2O4S/c1-17(26)18-11-13-20(14-12-18)30(28,29)25-16-5-4-10-22(25)23(27)24-15-6-8-19-7-2-3-9-21(19)24/h11-14,19,21-22H,2-10,15-16H2,1H3. The van der Waals surface area contributed by atoms with Crippen molar-refractivity contribution in [1.29, 1.82) is 0 Å². The van der Waals surface area contributed by atoms with Gasteiger partial charge in [0.1, 0.15) is 6.04 Å². The summed E-state index contributed by atoms with van der Waals surface area (Å²) in [6.07, 6.45) is 9.03. The predicted molar refractivity (Wildman–Crippen MR) is 115 cm³/mol. The molecule has 2 heterocycles. The smallest absolute Gasteiger partial charge is 0.243 e. The number of amides is 1. The van der Waals surface area contributed by atoms with E-state index in [1.54, 1.807) is 12.1 Å². The van der Waals surface area contributed by atoms with Crippen LogP contribution in [0.25, 0.3) is 0 Å². The lowest BCUT2D eigenvalue weighted by atomic mass is 9.78. The number of rotatable bonds is 4. The Bertz CT molecular complexity index is 894. The first-order valence-corrected chi connectivity index (χ1v) is 12.8. The normalized spacial score (nSPS) is 28.0. The Morgan fingerprint density at radius 2 is 1.53 bits per heavy atom. The molecule has 1 saturated carbocycles. The van der Waals surface area contributed by atoms with Crippen molar-refractivity contribution < 1.29 is 18.0 Å². The van der Waals surface area contributed by atoms with Gasteiger partial charge in [0.25, 0.3) is 0 Å². The Hall–Kier alpha value is -1.73. The van der Waals surface area contributed by atoms with Gasteiger partial charge in [0.15, 0.2) is 5.78 Å². The molecule has 0 bridgehead atoms. The number of carbonyl (C=O) groups is 2. The number of ketones is 1. The van der Waals surface area contributed by atoms with Crippen LogP contribution in [0.2, 0.25) is 0 Å². The van der Waals surface area contributed by atoms with Crippen LogP contribution in [0.3, 0.4) is 0 Å². The summed E-state index contributed by atoms with van der Waals surface area (Å²) in [4.78, 5) is 27.3. The molecule has 164 valence electrons. The van der Waals surface area contributed by atoms with E-state index in [-0.39, 0.29) is 22.6 Å². The van der Waals surface area contributed by atoms with Crippen LogP contribution in [0.15, 0.2) is 29.2 Å². The fraction of sp³-hybridized carbons (Fsp3) is 0.652. The van der Waals surface area contributed by atoms with Gasteiger partial charge in [0.05, 0.1) is 4.90 Å². The topological polar surface area (TPSA) is 74.8 Å². The van der Waals surface area contributed by atoms with Crippen LogP contribution in [-0.2, 0) is 14.8 Å². The molecular formula is C23H32N2O4S. The SMILES string of the molecule is CC(=O)c1ccc(S(=O)(=O)N2CCCCC2C(=O)N2CCCC3CCCCC32)cc1. The van der Waals surface area contributed by atoms with Crippen LogP contribution in [0, 0.1) is 5.92 Å². The number of hydrogen-bond acceptors (Lipinski definition) is 4. The lowest BCUT2D eigenvalue weighted by molar-refractivity contribution is -0.142. The number of hydrogen-bond donors (Lipinski definition) is 0. The first-order chi connectivity index (χ1) is 14.4. The molecule has 2 aliphatic heterocycles. The molecule has 30 heavy (non-hydrogen) atoms. The summed E-state index contributed by atoms with van der Waals surface area (Å²) in [5.41, 5.74) is 0.483. The largest absolute Gasteiger partial charge is 0.338 e. The van der Waals surface area contributed by atoms with E-state index >= 15 is 0 Å². The van der Waals surface area contributed by atoms with Crippen molar-refractivity contribution >= 4 is 21.7 Å². The highest BCUT2D eigenvalue weighted by molar-refractivity contribution is 7.89. The van der Waals surface area contributed by atoms with Crippen molar-refractivity contribution in [3.63, 3.8) is 0 Å². The second kappa shape index (κ2) is 8.79. The van der Waals surface area contributed by atoms with Gasteiger partial charge < -0.3 is 4.90 Å². The predicted octanol–water partition coefficient (Wildman–Crippen LogP) is 3.61. The average molecular weight is 433 g/mol. The molecule has 1 aliphatic carbocycles. The summed E-state index contributed by atoms with van der Waals surface area (Å²) in [6, 6.07) is 5.74. The lowest BCUT2D eigenvalue weighted by Crippen LogP contribution is -2.58. The molecule has 7 heteroatoms. The summed E-state index contributed by atoms with van der Waals surface area (Å²) in [6.45, 7) is 2.58. The maximum absolute atomic E-state index is 13.6. The molecule has 3 fully saturated rings. The monoisotopic (exact) mass is 432 g/mol. The molecule has 1 aromatic carbocycles. The summed E-state index contributed by atoms with van der Waals surface area (Å²) >= 11 is 0. The summed E-state index contributed by atoms with van der Waals surface area (Å²) in [5, 5.41) is 0. The third-order valence-corrected chi connectivity index (χ3v) is 9.05. The molecule has 3 atom stereocenters. The van der Waals surface area contributed by atoms with Crippen molar-refractivity contribution in [1.82, 2.24) is 9.21 Å². The molecule has 6 nitrogen and oxygen atoms in total. The van der Waals surface area contributed by atoms with Gasteiger partial charge in [-0.15, -0.1) is 0 Å². The molecule has 2 saturated heterocycles. The summed E-state index contributed by atoms with van der Waals surface area (Å²) < 4.78 is 28.3. The van der Waals surface area contributed by atoms with Crippen molar-refractivity contribution in [3.8, 4) is 0 Å². The fourth-order valence-electron chi connectivity index (χ4n) is 5.53. The number of nitrogens with zero attached hydrogens (tertiary/aromatic N) is 2. The van der Waals surface area contributed by atoms with Crippen LogP contribution in [0.5, 0.6) is 0 Å². The van der Waals surface area contributed by atoms with Crippen molar-refractivity contribution in [3.05, 3.63) is 29.8 Å². The molecule has 4 rings (SSSR count). The van der Waals surface area contributed by atoms with E-state index in [0.29, 0.717) is 24.4 Å². The quantitative estimate of drug-likeness (QED) is 0.681. The maximum atomic E-state index is 13.6. The van der Waals surface area contributed by atoms with Crippen molar-refractivity contribution in [2.24, 2.45) is 5.92 Å². The molecule has 0 spiro atoms. The van der Waals surface area contributed by atoms with Gasteiger partial charge in [-0.3, -0.25) is 9.59 Å². The van der Waals surface area contributed by atoms with Gasteiger partial charge in [-0.1, -0.05) is 31.4 Å². The van der Waals surface area contributed by atoms with Gasteiger partial charge >= 0.3 is 0 Å². The third-order valence-electron chi connectivity index (χ3n) is 7.13.